The van der Waals surface area contributed by atoms with Crippen molar-refractivity contribution in [3.05, 3.63) is 54.1 Å². The van der Waals surface area contributed by atoms with Gasteiger partial charge in [0, 0.05) is 0 Å². The van der Waals surface area contributed by atoms with Crippen LogP contribution in [0.25, 0.3) is 0 Å². The monoisotopic (exact) mass is 288 g/mol. The van der Waals surface area contributed by atoms with Crippen LogP contribution in [0.15, 0.2) is 53.4 Å². The van der Waals surface area contributed by atoms with E-state index >= 15 is 0 Å². The zero-order valence-electron chi connectivity index (χ0n) is 10.4. The van der Waals surface area contributed by atoms with Crippen molar-refractivity contribution in [2.75, 3.05) is 4.72 Å². The number of hydrogen-bond donors (Lipinski definition) is 2. The molecule has 0 unspecified atom stereocenters. The lowest BCUT2D eigenvalue weighted by atomic mass is 10.2. The minimum Gasteiger partial charge on any atom is -0.506 e. The molecule has 0 fully saturated rings. The smallest absolute Gasteiger partial charge is 0.262 e. The van der Waals surface area contributed by atoms with E-state index in [-0.39, 0.29) is 22.8 Å². The molecule has 2 aromatic rings. The lowest BCUT2D eigenvalue weighted by Gasteiger charge is -2.09. The highest BCUT2D eigenvalue weighted by molar-refractivity contribution is 7.92. The van der Waals surface area contributed by atoms with Crippen molar-refractivity contribution >= 4 is 15.7 Å². The van der Waals surface area contributed by atoms with Gasteiger partial charge in [-0.25, -0.2) is 8.42 Å². The molecule has 0 saturated carbocycles. The number of sulfonamides is 1. The number of rotatable bonds is 4. The van der Waals surface area contributed by atoms with Gasteiger partial charge in [-0.1, -0.05) is 24.3 Å². The number of phenols is 1. The summed E-state index contributed by atoms with van der Waals surface area (Å²) in [7, 11) is -3.76. The van der Waals surface area contributed by atoms with Crippen molar-refractivity contribution < 1.29 is 13.5 Å². The second-order valence-corrected chi connectivity index (χ2v) is 5.78. The number of nitrogens with zero attached hydrogens (tertiary/aromatic N) is 1. The molecule has 0 bridgehead atoms. The molecule has 2 rings (SSSR count). The molecule has 0 aliphatic heterocycles. The molecule has 0 aliphatic carbocycles. The predicted octanol–water partition coefficient (Wildman–Crippen LogP) is 2.26. The zero-order valence-corrected chi connectivity index (χ0v) is 11.3. The number of aromatic hydroxyl groups is 1. The van der Waals surface area contributed by atoms with Gasteiger partial charge in [-0.15, -0.1) is 0 Å². The van der Waals surface area contributed by atoms with Crippen LogP contribution in [0.4, 0.5) is 5.69 Å². The normalized spacial score (nSPS) is 10.8. The maximum Gasteiger partial charge on any atom is 0.262 e. The van der Waals surface area contributed by atoms with E-state index in [1.807, 2.05) is 6.07 Å². The Morgan fingerprint density at radius 1 is 1.10 bits per heavy atom. The minimum absolute atomic E-state index is 0.0717. The average molecular weight is 288 g/mol. The summed E-state index contributed by atoms with van der Waals surface area (Å²) in [6.45, 7) is 0. The van der Waals surface area contributed by atoms with Gasteiger partial charge in [-0.2, -0.15) is 5.26 Å². The minimum atomic E-state index is -3.76. The van der Waals surface area contributed by atoms with Gasteiger partial charge in [0.15, 0.2) is 0 Å². The third kappa shape index (κ3) is 3.08. The van der Waals surface area contributed by atoms with E-state index in [1.165, 1.54) is 24.3 Å². The first kappa shape index (κ1) is 13.9. The average Bonchev–Trinajstić information content (AvgIpc) is 2.42. The Labute approximate surface area is 117 Å². The summed E-state index contributed by atoms with van der Waals surface area (Å²) in [5.74, 6) is -0.142. The van der Waals surface area contributed by atoms with Crippen LogP contribution in [-0.4, -0.2) is 13.5 Å². The maximum atomic E-state index is 12.1. The fourth-order valence-corrected chi connectivity index (χ4v) is 2.72. The van der Waals surface area contributed by atoms with Gasteiger partial charge in [-0.05, 0) is 29.8 Å². The highest BCUT2D eigenvalue weighted by atomic mass is 32.2. The molecular formula is C14H12N2O3S. The van der Waals surface area contributed by atoms with Crippen molar-refractivity contribution in [1.29, 1.82) is 5.26 Å². The predicted molar refractivity (Wildman–Crippen MR) is 74.7 cm³/mol. The number of hydrogen-bond acceptors (Lipinski definition) is 4. The molecule has 0 radical (unpaired) electrons. The van der Waals surface area contributed by atoms with Crippen molar-refractivity contribution in [3.8, 4) is 11.8 Å². The first-order valence-electron chi connectivity index (χ1n) is 5.79. The summed E-state index contributed by atoms with van der Waals surface area (Å²) < 4.78 is 26.6. The lowest BCUT2D eigenvalue weighted by molar-refractivity contribution is 0.477. The molecule has 0 heterocycles. The fourth-order valence-electron chi connectivity index (χ4n) is 1.64. The summed E-state index contributed by atoms with van der Waals surface area (Å²) >= 11 is 0. The molecule has 0 aromatic heterocycles. The second kappa shape index (κ2) is 5.63. The Hall–Kier alpha value is -2.52. The van der Waals surface area contributed by atoms with Crippen LogP contribution in [0, 0.1) is 11.3 Å². The summed E-state index contributed by atoms with van der Waals surface area (Å²) in [4.78, 5) is 0.0717. The zero-order chi connectivity index (χ0) is 14.6. The molecule has 5 nitrogen and oxygen atoms in total. The molecule has 0 spiro atoms. The molecule has 0 atom stereocenters. The second-order valence-electron chi connectivity index (χ2n) is 4.10. The fraction of sp³-hybridized carbons (Fsp3) is 0.0714. The van der Waals surface area contributed by atoms with Gasteiger partial charge in [0.1, 0.15) is 5.75 Å². The molecule has 2 N–H and O–H groups in total. The number of nitriles is 1. The van der Waals surface area contributed by atoms with Crippen LogP contribution in [0.3, 0.4) is 0 Å². The van der Waals surface area contributed by atoms with E-state index in [9.17, 15) is 13.5 Å². The van der Waals surface area contributed by atoms with Crippen molar-refractivity contribution in [2.45, 2.75) is 11.3 Å². The highest BCUT2D eigenvalue weighted by Gasteiger charge is 2.15. The van der Waals surface area contributed by atoms with E-state index in [1.54, 1.807) is 24.3 Å². The lowest BCUT2D eigenvalue weighted by Crippen LogP contribution is -2.13. The summed E-state index contributed by atoms with van der Waals surface area (Å²) in [5, 5.41) is 18.1. The summed E-state index contributed by atoms with van der Waals surface area (Å²) in [5.41, 5.74) is 0.864. The van der Waals surface area contributed by atoms with Crippen molar-refractivity contribution in [3.63, 3.8) is 0 Å². The third-order valence-electron chi connectivity index (χ3n) is 2.67. The molecule has 0 amide bonds. The largest absolute Gasteiger partial charge is 0.506 e. The molecule has 20 heavy (non-hydrogen) atoms. The van der Waals surface area contributed by atoms with Crippen LogP contribution in [0.1, 0.15) is 5.56 Å². The van der Waals surface area contributed by atoms with Gasteiger partial charge in [0.05, 0.1) is 23.1 Å². The third-order valence-corrected chi connectivity index (χ3v) is 4.05. The van der Waals surface area contributed by atoms with E-state index in [4.69, 9.17) is 5.26 Å². The number of para-hydroxylation sites is 2. The van der Waals surface area contributed by atoms with Crippen molar-refractivity contribution in [1.82, 2.24) is 0 Å². The van der Waals surface area contributed by atoms with E-state index < -0.39 is 10.0 Å². The topological polar surface area (TPSA) is 90.2 Å². The van der Waals surface area contributed by atoms with E-state index in [0.29, 0.717) is 0 Å². The van der Waals surface area contributed by atoms with E-state index in [2.05, 4.69) is 4.72 Å². The number of nitrogens with one attached hydrogen (secondary N) is 1. The highest BCUT2D eigenvalue weighted by Crippen LogP contribution is 2.24. The van der Waals surface area contributed by atoms with Crippen LogP contribution in [0.5, 0.6) is 5.75 Å². The number of benzene rings is 2. The standard InChI is InChI=1S/C14H12N2O3S/c15-10-9-11-5-7-12(8-6-11)20(18,19)16-13-3-1-2-4-14(13)17/h1-8,16-17H,9H2. The molecule has 0 aliphatic rings. The molecule has 2 aromatic carbocycles. The van der Waals surface area contributed by atoms with Gasteiger partial charge < -0.3 is 5.11 Å². The van der Waals surface area contributed by atoms with Crippen LogP contribution >= 0.6 is 0 Å². The first-order valence-corrected chi connectivity index (χ1v) is 7.28. The molecule has 0 saturated heterocycles. The van der Waals surface area contributed by atoms with Crippen LogP contribution < -0.4 is 4.72 Å². The Balaban J connectivity index is 2.27. The van der Waals surface area contributed by atoms with Gasteiger partial charge in [0.2, 0.25) is 0 Å². The van der Waals surface area contributed by atoms with Gasteiger partial charge in [0.25, 0.3) is 10.0 Å². The Morgan fingerprint density at radius 2 is 1.75 bits per heavy atom. The number of anilines is 1. The van der Waals surface area contributed by atoms with Crippen LogP contribution in [-0.2, 0) is 16.4 Å². The Bertz CT molecular complexity index is 747. The first-order chi connectivity index (χ1) is 9.53. The maximum absolute atomic E-state index is 12.1. The molecule has 102 valence electrons. The summed E-state index contributed by atoms with van der Waals surface area (Å²) in [6.07, 6.45) is 0.229. The SMILES string of the molecule is N#CCc1ccc(S(=O)(=O)Nc2ccccc2O)cc1. The van der Waals surface area contributed by atoms with Crippen LogP contribution in [0.2, 0.25) is 0 Å². The van der Waals surface area contributed by atoms with Crippen molar-refractivity contribution in [2.24, 2.45) is 0 Å². The number of phenolic OH excluding ortho intramolecular Hbond substituents is 1. The molecule has 6 heteroatoms. The van der Waals surface area contributed by atoms with E-state index in [0.717, 1.165) is 5.56 Å². The molecular weight excluding hydrogens is 276 g/mol. The van der Waals surface area contributed by atoms with Gasteiger partial charge >= 0.3 is 0 Å². The Morgan fingerprint density at radius 3 is 2.35 bits per heavy atom. The summed E-state index contributed by atoms with van der Waals surface area (Å²) in [6, 6.07) is 14.1. The quantitative estimate of drug-likeness (QED) is 0.844. The Kier molecular flexibility index (Phi) is 3.91. The van der Waals surface area contributed by atoms with Gasteiger partial charge in [-0.3, -0.25) is 4.72 Å².